The standard InChI is InChI=1S/C26H26N2O3S3/c1-16-12-17(2)28-26(27-16)32-15-20-14-24(19-8-11-22(30-3)23(13-19)31-4)33-25(20)18-6-9-21(10-7-18)34(5)29/h6-14H,15H2,1-5H3. The highest BCUT2D eigenvalue weighted by molar-refractivity contribution is 7.98. The number of thiophene rings is 1. The Morgan fingerprint density at radius 1 is 0.882 bits per heavy atom. The van der Waals surface area contributed by atoms with Gasteiger partial charge in [-0.05, 0) is 73.0 Å². The molecule has 0 fully saturated rings. The molecular weight excluding hydrogens is 484 g/mol. The number of aromatic nitrogens is 2. The van der Waals surface area contributed by atoms with Gasteiger partial charge in [0.1, 0.15) is 0 Å². The van der Waals surface area contributed by atoms with Crippen LogP contribution < -0.4 is 9.47 Å². The van der Waals surface area contributed by atoms with Gasteiger partial charge < -0.3 is 9.47 Å². The van der Waals surface area contributed by atoms with Crippen LogP contribution in [0.1, 0.15) is 17.0 Å². The second-order valence-corrected chi connectivity index (χ2v) is 11.1. The van der Waals surface area contributed by atoms with Crippen LogP contribution in [-0.4, -0.2) is 34.7 Å². The molecule has 0 saturated carbocycles. The van der Waals surface area contributed by atoms with Crippen molar-refractivity contribution in [2.45, 2.75) is 29.7 Å². The molecule has 34 heavy (non-hydrogen) atoms. The molecule has 0 N–H and O–H groups in total. The molecule has 1 atom stereocenters. The Hall–Kier alpha value is -2.68. The van der Waals surface area contributed by atoms with Crippen LogP contribution in [-0.2, 0) is 16.6 Å². The molecule has 2 aromatic carbocycles. The van der Waals surface area contributed by atoms with Crippen molar-refractivity contribution in [3.63, 3.8) is 0 Å². The molecule has 2 aromatic heterocycles. The summed E-state index contributed by atoms with van der Waals surface area (Å²) in [5.41, 5.74) is 5.30. The van der Waals surface area contributed by atoms with E-state index in [1.165, 1.54) is 10.4 Å². The fourth-order valence-electron chi connectivity index (χ4n) is 3.61. The van der Waals surface area contributed by atoms with Gasteiger partial charge in [0, 0.05) is 48.8 Å². The van der Waals surface area contributed by atoms with E-state index >= 15 is 0 Å². The summed E-state index contributed by atoms with van der Waals surface area (Å²) in [7, 11) is 2.28. The lowest BCUT2D eigenvalue weighted by Crippen LogP contribution is -1.93. The van der Waals surface area contributed by atoms with Crippen molar-refractivity contribution in [1.82, 2.24) is 9.97 Å². The maximum Gasteiger partial charge on any atom is 0.188 e. The Morgan fingerprint density at radius 3 is 2.15 bits per heavy atom. The molecular formula is C26H26N2O3S3. The van der Waals surface area contributed by atoms with Gasteiger partial charge in [0.25, 0.3) is 0 Å². The number of ether oxygens (including phenoxy) is 2. The molecule has 0 radical (unpaired) electrons. The third-order valence-electron chi connectivity index (χ3n) is 5.24. The summed E-state index contributed by atoms with van der Waals surface area (Å²) in [5, 5.41) is 0.777. The van der Waals surface area contributed by atoms with E-state index in [4.69, 9.17) is 9.47 Å². The molecule has 176 valence electrons. The third kappa shape index (κ3) is 5.51. The van der Waals surface area contributed by atoms with Crippen LogP contribution in [0.5, 0.6) is 11.5 Å². The van der Waals surface area contributed by atoms with Crippen molar-refractivity contribution >= 4 is 33.9 Å². The normalized spacial score (nSPS) is 11.9. The highest BCUT2D eigenvalue weighted by Crippen LogP contribution is 2.42. The zero-order valence-corrected chi connectivity index (χ0v) is 22.2. The molecule has 0 aliphatic heterocycles. The van der Waals surface area contributed by atoms with Gasteiger partial charge in [0.05, 0.1) is 14.2 Å². The number of aryl methyl sites for hydroxylation is 2. The number of benzene rings is 2. The van der Waals surface area contributed by atoms with Crippen LogP contribution in [0.4, 0.5) is 0 Å². The fraction of sp³-hybridized carbons (Fsp3) is 0.231. The molecule has 4 rings (SSSR count). The van der Waals surface area contributed by atoms with Crippen molar-refractivity contribution in [3.05, 3.63) is 71.5 Å². The molecule has 5 nitrogen and oxygen atoms in total. The van der Waals surface area contributed by atoms with Gasteiger partial charge >= 0.3 is 0 Å². The van der Waals surface area contributed by atoms with Crippen molar-refractivity contribution in [3.8, 4) is 32.4 Å². The maximum atomic E-state index is 11.9. The number of methoxy groups -OCH3 is 2. The van der Waals surface area contributed by atoms with E-state index in [0.29, 0.717) is 11.5 Å². The quantitative estimate of drug-likeness (QED) is 0.198. The predicted octanol–water partition coefficient (Wildman–Crippen LogP) is 6.54. The topological polar surface area (TPSA) is 61.3 Å². The maximum absolute atomic E-state index is 11.9. The molecule has 0 aliphatic carbocycles. The van der Waals surface area contributed by atoms with Crippen LogP contribution in [0, 0.1) is 13.8 Å². The van der Waals surface area contributed by atoms with Crippen molar-refractivity contribution in [2.75, 3.05) is 20.5 Å². The van der Waals surface area contributed by atoms with Gasteiger partial charge in [-0.2, -0.15) is 0 Å². The second kappa shape index (κ2) is 10.7. The minimum absolute atomic E-state index is 0.698. The summed E-state index contributed by atoms with van der Waals surface area (Å²) in [6.45, 7) is 3.98. The predicted molar refractivity (Wildman–Crippen MR) is 142 cm³/mol. The van der Waals surface area contributed by atoms with Crippen LogP contribution in [0.15, 0.2) is 64.6 Å². The first-order valence-electron chi connectivity index (χ1n) is 10.6. The molecule has 0 amide bonds. The first-order valence-corrected chi connectivity index (χ1v) is 14.0. The summed E-state index contributed by atoms with van der Waals surface area (Å²) in [5.74, 6) is 2.14. The highest BCUT2D eigenvalue weighted by atomic mass is 32.2. The molecule has 0 saturated heterocycles. The van der Waals surface area contributed by atoms with Crippen molar-refractivity contribution < 1.29 is 13.7 Å². The number of thioether (sulfide) groups is 1. The van der Waals surface area contributed by atoms with Gasteiger partial charge in [-0.15, -0.1) is 11.3 Å². The summed E-state index contributed by atoms with van der Waals surface area (Å²) in [4.78, 5) is 12.3. The second-order valence-electron chi connectivity index (χ2n) is 7.74. The van der Waals surface area contributed by atoms with E-state index in [1.807, 2.05) is 62.4 Å². The molecule has 0 spiro atoms. The number of hydrogen-bond donors (Lipinski definition) is 0. The zero-order valence-electron chi connectivity index (χ0n) is 19.7. The van der Waals surface area contributed by atoms with Gasteiger partial charge in [-0.1, -0.05) is 23.9 Å². The molecule has 8 heteroatoms. The molecule has 2 heterocycles. The smallest absolute Gasteiger partial charge is 0.188 e. The largest absolute Gasteiger partial charge is 0.493 e. The van der Waals surface area contributed by atoms with Crippen LogP contribution in [0.2, 0.25) is 0 Å². The van der Waals surface area contributed by atoms with Gasteiger partial charge in [-0.3, -0.25) is 4.21 Å². The van der Waals surface area contributed by atoms with Crippen LogP contribution >= 0.6 is 23.1 Å². The summed E-state index contributed by atoms with van der Waals surface area (Å²) < 4.78 is 22.8. The Labute approximate surface area is 211 Å². The van der Waals surface area contributed by atoms with Crippen molar-refractivity contribution in [2.24, 2.45) is 0 Å². The van der Waals surface area contributed by atoms with Gasteiger partial charge in [-0.25, -0.2) is 9.97 Å². The molecule has 0 aliphatic rings. The summed E-state index contributed by atoms with van der Waals surface area (Å²) in [6, 6.07) is 18.1. The molecule has 4 aromatic rings. The third-order valence-corrected chi connectivity index (χ3v) is 8.35. The lowest BCUT2D eigenvalue weighted by molar-refractivity contribution is 0.355. The SMILES string of the molecule is COc1ccc(-c2cc(CSc3nc(C)cc(C)n3)c(-c3ccc(S(C)=O)cc3)s2)cc1OC. The first kappa shape index (κ1) is 24.4. The van der Waals surface area contributed by atoms with E-state index in [0.717, 1.165) is 43.2 Å². The zero-order chi connectivity index (χ0) is 24.2. The molecule has 1 unspecified atom stereocenters. The Bertz CT molecular complexity index is 1310. The van der Waals surface area contributed by atoms with E-state index < -0.39 is 10.8 Å². The molecule has 0 bridgehead atoms. The van der Waals surface area contributed by atoms with E-state index in [1.54, 1.807) is 43.6 Å². The Kier molecular flexibility index (Phi) is 7.70. The summed E-state index contributed by atoms with van der Waals surface area (Å²) in [6.07, 6.45) is 1.70. The van der Waals surface area contributed by atoms with Gasteiger partial charge in [0.15, 0.2) is 16.7 Å². The first-order chi connectivity index (χ1) is 16.4. The lowest BCUT2D eigenvalue weighted by Gasteiger charge is -2.08. The van der Waals surface area contributed by atoms with Gasteiger partial charge in [0.2, 0.25) is 0 Å². The van der Waals surface area contributed by atoms with Crippen molar-refractivity contribution in [1.29, 1.82) is 0 Å². The number of rotatable bonds is 8. The lowest BCUT2D eigenvalue weighted by atomic mass is 10.1. The minimum Gasteiger partial charge on any atom is -0.493 e. The number of hydrogen-bond acceptors (Lipinski definition) is 7. The van der Waals surface area contributed by atoms with Crippen LogP contribution in [0.3, 0.4) is 0 Å². The minimum atomic E-state index is -1.01. The van der Waals surface area contributed by atoms with E-state index in [-0.39, 0.29) is 0 Å². The summed E-state index contributed by atoms with van der Waals surface area (Å²) >= 11 is 3.36. The Balaban J connectivity index is 1.73. The van der Waals surface area contributed by atoms with E-state index in [9.17, 15) is 4.21 Å². The number of nitrogens with zero attached hydrogens (tertiary/aromatic N) is 2. The average Bonchev–Trinajstić information content (AvgIpc) is 3.26. The van der Waals surface area contributed by atoms with Crippen LogP contribution in [0.25, 0.3) is 20.9 Å². The monoisotopic (exact) mass is 510 g/mol. The Morgan fingerprint density at radius 2 is 1.53 bits per heavy atom. The fourth-order valence-corrected chi connectivity index (χ4v) is 6.33. The van der Waals surface area contributed by atoms with E-state index in [2.05, 4.69) is 16.0 Å². The highest BCUT2D eigenvalue weighted by Gasteiger charge is 2.16. The average molecular weight is 511 g/mol.